The summed E-state index contributed by atoms with van der Waals surface area (Å²) >= 11 is 1.91. The molecule has 0 amide bonds. The van der Waals surface area contributed by atoms with Gasteiger partial charge in [-0.3, -0.25) is 4.57 Å². The highest BCUT2D eigenvalue weighted by atomic mass is 32.1. The summed E-state index contributed by atoms with van der Waals surface area (Å²) in [6.45, 7) is 1.80. The number of nitrogens with zero attached hydrogens (tertiary/aromatic N) is 2. The number of thiophene rings is 1. The average Bonchev–Trinajstić information content (AvgIpc) is 3.62. The molecule has 1 atom stereocenters. The maximum Gasteiger partial charge on any atom is 0.147 e. The fourth-order valence-electron chi connectivity index (χ4n) is 6.91. The van der Waals surface area contributed by atoms with Gasteiger partial charge >= 0.3 is 0 Å². The first-order valence-electron chi connectivity index (χ1n) is 14.6. The molecule has 0 fully saturated rings. The van der Waals surface area contributed by atoms with E-state index in [-0.39, 0.29) is 6.17 Å². The van der Waals surface area contributed by atoms with Crippen LogP contribution in [0.25, 0.3) is 47.5 Å². The van der Waals surface area contributed by atoms with Crippen LogP contribution in [0.2, 0.25) is 0 Å². The molecule has 1 unspecified atom stereocenters. The maximum atomic E-state index is 5.45. The van der Waals surface area contributed by atoms with Crippen molar-refractivity contribution >= 4 is 64.7 Å². The predicted octanol–water partition coefficient (Wildman–Crippen LogP) is 8.40. The first kappa shape index (κ1) is 23.9. The lowest BCUT2D eigenvalue weighted by Gasteiger charge is -2.26. The van der Waals surface area contributed by atoms with Crippen molar-refractivity contribution < 1.29 is 0 Å². The molecule has 0 bridgehead atoms. The SMILES string of the molecule is C1=C(c2ccccc2)NC(c2ccccc2)N=C1n1c2c(c3c4ccccc4c4sc5ccccc5c4c31)CCNC2. The zero-order valence-corrected chi connectivity index (χ0v) is 23.8. The second-order valence-corrected chi connectivity index (χ2v) is 12.2. The molecule has 9 rings (SSSR count). The molecule has 0 spiro atoms. The number of hydrogen-bond acceptors (Lipinski definition) is 4. The highest BCUT2D eigenvalue weighted by Gasteiger charge is 2.29. The highest BCUT2D eigenvalue weighted by molar-refractivity contribution is 7.27. The third-order valence-electron chi connectivity index (χ3n) is 8.75. The Morgan fingerprint density at radius 3 is 2.29 bits per heavy atom. The van der Waals surface area contributed by atoms with Crippen LogP contribution >= 0.6 is 11.3 Å². The van der Waals surface area contributed by atoms with Gasteiger partial charge in [-0.25, -0.2) is 4.99 Å². The second kappa shape index (κ2) is 9.41. The van der Waals surface area contributed by atoms with E-state index in [9.17, 15) is 0 Å². The van der Waals surface area contributed by atoms with Gasteiger partial charge in [0.1, 0.15) is 12.0 Å². The Bertz CT molecular complexity index is 2220. The number of allylic oxidation sites excluding steroid dienone is 1. The van der Waals surface area contributed by atoms with Gasteiger partial charge < -0.3 is 10.6 Å². The molecule has 2 aliphatic heterocycles. The number of nitrogens with one attached hydrogen (secondary N) is 2. The van der Waals surface area contributed by atoms with Gasteiger partial charge in [0, 0.05) is 55.0 Å². The van der Waals surface area contributed by atoms with Gasteiger partial charge in [-0.15, -0.1) is 11.3 Å². The minimum Gasteiger partial charge on any atom is -0.359 e. The van der Waals surface area contributed by atoms with Crippen LogP contribution in [0.3, 0.4) is 0 Å². The topological polar surface area (TPSA) is 41.4 Å². The molecular formula is C37H28N4S. The van der Waals surface area contributed by atoms with Crippen molar-refractivity contribution in [3.05, 3.63) is 138 Å². The molecule has 0 radical (unpaired) electrons. The zero-order valence-electron chi connectivity index (χ0n) is 23.0. The van der Waals surface area contributed by atoms with Gasteiger partial charge in [-0.05, 0) is 41.1 Å². The van der Waals surface area contributed by atoms with Gasteiger partial charge in [0.15, 0.2) is 0 Å². The molecule has 2 aliphatic rings. The Labute approximate surface area is 247 Å². The van der Waals surface area contributed by atoms with E-state index in [1.165, 1.54) is 53.1 Å². The van der Waals surface area contributed by atoms with Crippen LogP contribution in [0.15, 0.2) is 120 Å². The van der Waals surface area contributed by atoms with Gasteiger partial charge in [0.25, 0.3) is 0 Å². The van der Waals surface area contributed by atoms with Crippen molar-refractivity contribution in [2.75, 3.05) is 6.54 Å². The molecule has 2 aromatic heterocycles. The molecule has 0 aliphatic carbocycles. The van der Waals surface area contributed by atoms with E-state index in [0.717, 1.165) is 42.2 Å². The van der Waals surface area contributed by atoms with Crippen LogP contribution in [0.1, 0.15) is 28.6 Å². The van der Waals surface area contributed by atoms with Crippen molar-refractivity contribution in [3.63, 3.8) is 0 Å². The van der Waals surface area contributed by atoms with E-state index in [1.54, 1.807) is 0 Å². The largest absolute Gasteiger partial charge is 0.359 e. The molecular weight excluding hydrogens is 533 g/mol. The summed E-state index contributed by atoms with van der Waals surface area (Å²) in [4.78, 5) is 5.45. The van der Waals surface area contributed by atoms with E-state index in [1.807, 2.05) is 11.3 Å². The number of aliphatic imine (C=N–C) groups is 1. The summed E-state index contributed by atoms with van der Waals surface area (Å²) in [5.41, 5.74) is 7.44. The maximum absolute atomic E-state index is 5.45. The van der Waals surface area contributed by atoms with Crippen molar-refractivity contribution in [2.45, 2.75) is 19.1 Å². The lowest BCUT2D eigenvalue weighted by molar-refractivity contribution is 0.624. The van der Waals surface area contributed by atoms with Crippen LogP contribution < -0.4 is 10.6 Å². The summed E-state index contributed by atoms with van der Waals surface area (Å²) < 4.78 is 5.17. The van der Waals surface area contributed by atoms with Gasteiger partial charge in [-0.2, -0.15) is 0 Å². The molecule has 2 N–H and O–H groups in total. The van der Waals surface area contributed by atoms with Gasteiger partial charge in [-0.1, -0.05) is 103 Å². The van der Waals surface area contributed by atoms with Gasteiger partial charge in [0.2, 0.25) is 0 Å². The molecule has 0 saturated heterocycles. The van der Waals surface area contributed by atoms with Crippen molar-refractivity contribution in [1.82, 2.24) is 15.2 Å². The van der Waals surface area contributed by atoms with Crippen LogP contribution in [-0.4, -0.2) is 16.9 Å². The zero-order chi connectivity index (χ0) is 27.6. The van der Waals surface area contributed by atoms with Crippen LogP contribution in [0.4, 0.5) is 0 Å². The molecule has 42 heavy (non-hydrogen) atoms. The minimum absolute atomic E-state index is 0.193. The Balaban J connectivity index is 1.44. The fraction of sp³-hybridized carbons (Fsp3) is 0.108. The quantitative estimate of drug-likeness (QED) is 0.223. The van der Waals surface area contributed by atoms with Gasteiger partial charge in [0.05, 0.1) is 5.52 Å². The Morgan fingerprint density at radius 2 is 1.45 bits per heavy atom. The molecule has 4 nitrogen and oxygen atoms in total. The first-order chi connectivity index (χ1) is 20.8. The summed E-state index contributed by atoms with van der Waals surface area (Å²) in [5.74, 6) is 0.975. The molecule has 0 saturated carbocycles. The number of benzene rings is 5. The lowest BCUT2D eigenvalue weighted by Crippen LogP contribution is -2.30. The van der Waals surface area contributed by atoms with Crippen LogP contribution in [-0.2, 0) is 13.0 Å². The van der Waals surface area contributed by atoms with E-state index >= 15 is 0 Å². The van der Waals surface area contributed by atoms with Crippen LogP contribution in [0, 0.1) is 0 Å². The van der Waals surface area contributed by atoms with E-state index < -0.39 is 0 Å². The minimum atomic E-state index is -0.193. The molecule has 4 heterocycles. The summed E-state index contributed by atoms with van der Waals surface area (Å²) in [6, 6.07) is 39.1. The average molecular weight is 561 g/mol. The molecule has 202 valence electrons. The normalized spacial score (nSPS) is 16.9. The lowest BCUT2D eigenvalue weighted by atomic mass is 9.97. The number of aromatic nitrogens is 1. The Kier molecular flexibility index (Phi) is 5.37. The van der Waals surface area contributed by atoms with Crippen molar-refractivity contribution in [3.8, 4) is 0 Å². The molecule has 5 aromatic carbocycles. The third kappa shape index (κ3) is 3.54. The standard InChI is InChI=1S/C37H28N4S/c1-3-11-23(12-4-1)29-21-32(40-37(39-29)24-13-5-2-6-14-24)41-30-22-38-20-19-27(30)33-25-15-7-8-16-26(25)36-34(35(33)41)28-17-9-10-18-31(28)42-36/h1-18,21,37-39H,19-20,22H2. The van der Waals surface area contributed by atoms with E-state index in [0.29, 0.717) is 0 Å². The highest BCUT2D eigenvalue weighted by Crippen LogP contribution is 2.47. The summed E-state index contributed by atoms with van der Waals surface area (Å²) in [7, 11) is 0. The Morgan fingerprint density at radius 1 is 0.738 bits per heavy atom. The smallest absolute Gasteiger partial charge is 0.147 e. The van der Waals surface area contributed by atoms with Crippen LogP contribution in [0.5, 0.6) is 0 Å². The fourth-order valence-corrected chi connectivity index (χ4v) is 8.16. The monoisotopic (exact) mass is 560 g/mol. The number of fused-ring (bicyclic) bond motifs is 10. The van der Waals surface area contributed by atoms with E-state index in [4.69, 9.17) is 4.99 Å². The third-order valence-corrected chi connectivity index (χ3v) is 9.96. The Hall–Kier alpha value is -4.71. The molecule has 5 heteroatoms. The van der Waals surface area contributed by atoms with Crippen molar-refractivity contribution in [2.24, 2.45) is 4.99 Å². The molecule has 7 aromatic rings. The summed E-state index contributed by atoms with van der Waals surface area (Å²) in [5, 5.41) is 14.1. The second-order valence-electron chi connectivity index (χ2n) is 11.1. The number of rotatable bonds is 2. The van der Waals surface area contributed by atoms with E-state index in [2.05, 4.69) is 130 Å². The predicted molar refractivity (Wildman–Crippen MR) is 177 cm³/mol. The summed E-state index contributed by atoms with van der Waals surface area (Å²) in [6.07, 6.45) is 3.05. The van der Waals surface area contributed by atoms with Crippen molar-refractivity contribution in [1.29, 1.82) is 0 Å². The first-order valence-corrected chi connectivity index (χ1v) is 15.4. The number of hydrogen-bond donors (Lipinski definition) is 2.